The summed E-state index contributed by atoms with van der Waals surface area (Å²) >= 11 is 0. The van der Waals surface area contributed by atoms with Crippen LogP contribution in [0.2, 0.25) is 0 Å². The van der Waals surface area contributed by atoms with Gasteiger partial charge in [0.1, 0.15) is 5.75 Å². The van der Waals surface area contributed by atoms with Gasteiger partial charge >= 0.3 is 0 Å². The van der Waals surface area contributed by atoms with Crippen LogP contribution in [0.4, 0.5) is 14.5 Å². The maximum Gasteiger partial charge on any atom is 0.166 e. The van der Waals surface area contributed by atoms with Gasteiger partial charge in [-0.1, -0.05) is 18.2 Å². The zero-order valence-corrected chi connectivity index (χ0v) is 9.21. The first-order chi connectivity index (χ1) is 8.13. The molecular weight excluding hydrogens is 224 g/mol. The Hall–Kier alpha value is -2.10. The first-order valence-corrected chi connectivity index (χ1v) is 5.01. The number of halogens is 2. The van der Waals surface area contributed by atoms with Crippen LogP contribution in [0.1, 0.15) is 0 Å². The molecule has 0 unspecified atom stereocenters. The number of rotatable bonds is 2. The number of anilines is 1. The van der Waals surface area contributed by atoms with E-state index in [2.05, 4.69) is 0 Å². The van der Waals surface area contributed by atoms with Crippen molar-refractivity contribution in [3.05, 3.63) is 48.0 Å². The average Bonchev–Trinajstić information content (AvgIpc) is 2.32. The van der Waals surface area contributed by atoms with E-state index in [0.717, 1.165) is 6.07 Å². The first kappa shape index (κ1) is 11.4. The minimum absolute atomic E-state index is 0.180. The molecule has 2 rings (SSSR count). The summed E-state index contributed by atoms with van der Waals surface area (Å²) in [6.07, 6.45) is 0. The van der Waals surface area contributed by atoms with Crippen molar-refractivity contribution in [2.24, 2.45) is 0 Å². The molecule has 2 aromatic rings. The summed E-state index contributed by atoms with van der Waals surface area (Å²) in [5.41, 5.74) is 6.79. The second-order valence-corrected chi connectivity index (χ2v) is 3.56. The van der Waals surface area contributed by atoms with Crippen molar-refractivity contribution in [2.45, 2.75) is 0 Å². The fourth-order valence-electron chi connectivity index (χ4n) is 1.63. The average molecular weight is 235 g/mol. The molecule has 0 saturated carbocycles. The van der Waals surface area contributed by atoms with Crippen LogP contribution in [0.5, 0.6) is 5.75 Å². The van der Waals surface area contributed by atoms with Gasteiger partial charge < -0.3 is 10.5 Å². The Kier molecular flexibility index (Phi) is 2.95. The maximum absolute atomic E-state index is 13.6. The summed E-state index contributed by atoms with van der Waals surface area (Å²) in [5.74, 6) is -1.25. The van der Waals surface area contributed by atoms with E-state index < -0.39 is 11.6 Å². The number of nitrogen functional groups attached to an aromatic ring is 1. The Labute approximate surface area is 97.6 Å². The Morgan fingerprint density at radius 2 is 1.88 bits per heavy atom. The predicted molar refractivity (Wildman–Crippen MR) is 62.8 cm³/mol. The molecule has 0 saturated heterocycles. The van der Waals surface area contributed by atoms with Crippen LogP contribution in [-0.2, 0) is 0 Å². The van der Waals surface area contributed by atoms with E-state index >= 15 is 0 Å². The van der Waals surface area contributed by atoms with E-state index in [0.29, 0.717) is 17.0 Å². The SMILES string of the molecule is COc1ccc(-c2cccc(F)c2F)cc1N. The lowest BCUT2D eigenvalue weighted by molar-refractivity contribution is 0.417. The minimum atomic E-state index is -0.878. The normalized spacial score (nSPS) is 10.3. The summed E-state index contributed by atoms with van der Waals surface area (Å²) in [7, 11) is 1.49. The molecule has 0 radical (unpaired) electrons. The molecule has 0 aromatic heterocycles. The third-order valence-electron chi connectivity index (χ3n) is 2.49. The van der Waals surface area contributed by atoms with Crippen molar-refractivity contribution in [3.63, 3.8) is 0 Å². The lowest BCUT2D eigenvalue weighted by atomic mass is 10.0. The number of ether oxygens (including phenoxy) is 1. The number of hydrogen-bond donors (Lipinski definition) is 1. The highest BCUT2D eigenvalue weighted by molar-refractivity contribution is 5.71. The van der Waals surface area contributed by atoms with Gasteiger partial charge in [0, 0.05) is 5.56 Å². The molecule has 4 heteroatoms. The summed E-state index contributed by atoms with van der Waals surface area (Å²) < 4.78 is 31.6. The summed E-state index contributed by atoms with van der Waals surface area (Å²) in [6.45, 7) is 0. The lowest BCUT2D eigenvalue weighted by Crippen LogP contribution is -1.94. The van der Waals surface area contributed by atoms with Crippen molar-refractivity contribution in [1.82, 2.24) is 0 Å². The molecule has 2 nitrogen and oxygen atoms in total. The van der Waals surface area contributed by atoms with E-state index in [9.17, 15) is 8.78 Å². The van der Waals surface area contributed by atoms with Crippen LogP contribution < -0.4 is 10.5 Å². The van der Waals surface area contributed by atoms with Gasteiger partial charge in [0.25, 0.3) is 0 Å². The monoisotopic (exact) mass is 235 g/mol. The predicted octanol–water partition coefficient (Wildman–Crippen LogP) is 3.22. The van der Waals surface area contributed by atoms with E-state index in [1.165, 1.54) is 19.2 Å². The zero-order chi connectivity index (χ0) is 12.4. The van der Waals surface area contributed by atoms with Crippen molar-refractivity contribution < 1.29 is 13.5 Å². The Morgan fingerprint density at radius 3 is 2.53 bits per heavy atom. The first-order valence-electron chi connectivity index (χ1n) is 5.01. The van der Waals surface area contributed by atoms with Gasteiger partial charge in [0.2, 0.25) is 0 Å². The van der Waals surface area contributed by atoms with Gasteiger partial charge in [-0.25, -0.2) is 8.78 Å². The van der Waals surface area contributed by atoms with Crippen molar-refractivity contribution in [1.29, 1.82) is 0 Å². The molecule has 0 bridgehead atoms. The highest BCUT2D eigenvalue weighted by Gasteiger charge is 2.10. The fourth-order valence-corrected chi connectivity index (χ4v) is 1.63. The van der Waals surface area contributed by atoms with Crippen LogP contribution >= 0.6 is 0 Å². The Morgan fingerprint density at radius 1 is 1.12 bits per heavy atom. The van der Waals surface area contributed by atoms with E-state index in [1.54, 1.807) is 18.2 Å². The largest absolute Gasteiger partial charge is 0.495 e. The molecule has 0 amide bonds. The van der Waals surface area contributed by atoms with Gasteiger partial charge in [-0.15, -0.1) is 0 Å². The lowest BCUT2D eigenvalue weighted by Gasteiger charge is -2.08. The minimum Gasteiger partial charge on any atom is -0.495 e. The van der Waals surface area contributed by atoms with Gasteiger partial charge in [-0.3, -0.25) is 0 Å². The fraction of sp³-hybridized carbons (Fsp3) is 0.0769. The number of methoxy groups -OCH3 is 1. The zero-order valence-electron chi connectivity index (χ0n) is 9.21. The second-order valence-electron chi connectivity index (χ2n) is 3.56. The molecule has 2 aromatic carbocycles. The van der Waals surface area contributed by atoms with Gasteiger partial charge in [0.05, 0.1) is 12.8 Å². The van der Waals surface area contributed by atoms with Crippen molar-refractivity contribution in [2.75, 3.05) is 12.8 Å². The van der Waals surface area contributed by atoms with Crippen LogP contribution in [0, 0.1) is 11.6 Å². The third-order valence-corrected chi connectivity index (χ3v) is 2.49. The van der Waals surface area contributed by atoms with Crippen molar-refractivity contribution in [3.8, 4) is 16.9 Å². The van der Waals surface area contributed by atoms with Gasteiger partial charge in [0.15, 0.2) is 11.6 Å². The number of hydrogen-bond acceptors (Lipinski definition) is 2. The molecular formula is C13H11F2NO. The van der Waals surface area contributed by atoms with E-state index in [-0.39, 0.29) is 5.56 Å². The molecule has 0 fully saturated rings. The van der Waals surface area contributed by atoms with Gasteiger partial charge in [-0.2, -0.15) is 0 Å². The van der Waals surface area contributed by atoms with Crippen LogP contribution in [-0.4, -0.2) is 7.11 Å². The van der Waals surface area contributed by atoms with Crippen LogP contribution in [0.25, 0.3) is 11.1 Å². The highest BCUT2D eigenvalue weighted by atomic mass is 19.2. The Balaban J connectivity index is 2.54. The third kappa shape index (κ3) is 2.06. The highest BCUT2D eigenvalue weighted by Crippen LogP contribution is 2.30. The van der Waals surface area contributed by atoms with Crippen LogP contribution in [0.3, 0.4) is 0 Å². The van der Waals surface area contributed by atoms with E-state index in [4.69, 9.17) is 10.5 Å². The molecule has 0 spiro atoms. The number of benzene rings is 2. The Bertz CT molecular complexity index is 555. The second kappa shape index (κ2) is 4.41. The summed E-state index contributed by atoms with van der Waals surface area (Å²) in [4.78, 5) is 0. The van der Waals surface area contributed by atoms with Crippen molar-refractivity contribution >= 4 is 5.69 Å². The summed E-state index contributed by atoms with van der Waals surface area (Å²) in [5, 5.41) is 0. The topological polar surface area (TPSA) is 35.2 Å². The molecule has 0 aliphatic rings. The quantitative estimate of drug-likeness (QED) is 0.811. The molecule has 2 N–H and O–H groups in total. The molecule has 0 heterocycles. The van der Waals surface area contributed by atoms with E-state index in [1.807, 2.05) is 0 Å². The molecule has 17 heavy (non-hydrogen) atoms. The smallest absolute Gasteiger partial charge is 0.166 e. The molecule has 0 atom stereocenters. The standard InChI is InChI=1S/C13H11F2NO/c1-17-12-6-5-8(7-11(12)16)9-3-2-4-10(14)13(9)15/h2-7H,16H2,1H3. The maximum atomic E-state index is 13.6. The molecule has 88 valence electrons. The van der Waals surface area contributed by atoms with Crippen LogP contribution in [0.15, 0.2) is 36.4 Å². The van der Waals surface area contributed by atoms with Gasteiger partial charge in [-0.05, 0) is 23.8 Å². The number of nitrogens with two attached hydrogens (primary N) is 1. The molecule has 0 aliphatic carbocycles. The molecule has 0 aliphatic heterocycles. The summed E-state index contributed by atoms with van der Waals surface area (Å²) in [6, 6.07) is 8.83.